The quantitative estimate of drug-likeness (QED) is 0.943. The van der Waals surface area contributed by atoms with E-state index in [-0.39, 0.29) is 24.7 Å². The molecular weight excluding hydrogens is 284 g/mol. The Kier molecular flexibility index (Phi) is 3.52. The number of hydrogen-bond donors (Lipinski definition) is 1. The molecule has 2 aromatic rings. The predicted octanol–water partition coefficient (Wildman–Crippen LogP) is 2.53. The molecule has 0 saturated carbocycles. The van der Waals surface area contributed by atoms with Crippen LogP contribution in [0.4, 0.5) is 0 Å². The molecule has 6 nitrogen and oxygen atoms in total. The summed E-state index contributed by atoms with van der Waals surface area (Å²) in [4.78, 5) is 11.9. The first-order valence-corrected chi connectivity index (χ1v) is 7.07. The van der Waals surface area contributed by atoms with Gasteiger partial charge in [-0.15, -0.1) is 0 Å². The van der Waals surface area contributed by atoms with Crippen molar-refractivity contribution in [1.29, 1.82) is 0 Å². The van der Waals surface area contributed by atoms with Gasteiger partial charge in [-0.2, -0.15) is 0 Å². The van der Waals surface area contributed by atoms with Crippen molar-refractivity contribution >= 4 is 5.91 Å². The van der Waals surface area contributed by atoms with Crippen LogP contribution in [0, 0.1) is 0 Å². The fraction of sp³-hybridized carbons (Fsp3) is 0.375. The zero-order valence-corrected chi connectivity index (χ0v) is 12.8. The van der Waals surface area contributed by atoms with Gasteiger partial charge in [0.2, 0.25) is 12.7 Å². The monoisotopic (exact) mass is 302 g/mol. The zero-order valence-electron chi connectivity index (χ0n) is 12.8. The summed E-state index contributed by atoms with van der Waals surface area (Å²) in [6.45, 7) is 6.04. The van der Waals surface area contributed by atoms with Crippen molar-refractivity contribution in [1.82, 2.24) is 10.5 Å². The van der Waals surface area contributed by atoms with E-state index in [1.807, 2.05) is 39.0 Å². The highest BCUT2D eigenvalue weighted by Crippen LogP contribution is 2.36. The molecule has 2 heterocycles. The molecular formula is C16H18N2O4. The van der Waals surface area contributed by atoms with Crippen molar-refractivity contribution in [3.63, 3.8) is 0 Å². The van der Waals surface area contributed by atoms with E-state index in [0.29, 0.717) is 23.0 Å². The summed E-state index contributed by atoms with van der Waals surface area (Å²) in [6.07, 6.45) is 0.186. The van der Waals surface area contributed by atoms with Crippen molar-refractivity contribution in [2.24, 2.45) is 0 Å². The smallest absolute Gasteiger partial charge is 0.231 e. The van der Waals surface area contributed by atoms with Gasteiger partial charge in [0.1, 0.15) is 0 Å². The van der Waals surface area contributed by atoms with Crippen molar-refractivity contribution in [2.75, 3.05) is 6.79 Å². The van der Waals surface area contributed by atoms with Crippen molar-refractivity contribution in [3.05, 3.63) is 30.0 Å². The summed E-state index contributed by atoms with van der Waals surface area (Å²) in [5, 5.41) is 6.84. The van der Waals surface area contributed by atoms with E-state index in [1.165, 1.54) is 0 Å². The summed E-state index contributed by atoms with van der Waals surface area (Å²) < 4.78 is 15.9. The highest BCUT2D eigenvalue weighted by Gasteiger charge is 2.18. The molecule has 6 heteroatoms. The number of fused-ring (bicyclic) bond motifs is 1. The molecule has 0 fully saturated rings. The largest absolute Gasteiger partial charge is 0.454 e. The average Bonchev–Trinajstić information content (AvgIpc) is 3.03. The van der Waals surface area contributed by atoms with E-state index in [9.17, 15) is 4.79 Å². The number of hydrogen-bond acceptors (Lipinski definition) is 5. The lowest BCUT2D eigenvalue weighted by atomic mass is 10.1. The second kappa shape index (κ2) is 5.36. The Morgan fingerprint density at radius 3 is 2.77 bits per heavy atom. The molecule has 3 rings (SSSR count). The van der Waals surface area contributed by atoms with Crippen LogP contribution in [0.25, 0.3) is 11.3 Å². The number of carbonyl (C=O) groups is 1. The molecule has 0 spiro atoms. The fourth-order valence-corrected chi connectivity index (χ4v) is 2.21. The summed E-state index contributed by atoms with van der Waals surface area (Å²) in [6, 6.07) is 7.29. The SMILES string of the molecule is CC(C)(C)NC(=O)Cc1cc(-c2ccc3c(c2)OCO3)on1. The number of carbonyl (C=O) groups excluding carboxylic acids is 1. The second-order valence-electron chi connectivity index (χ2n) is 6.23. The van der Waals surface area contributed by atoms with Crippen molar-refractivity contribution in [3.8, 4) is 22.8 Å². The Balaban J connectivity index is 1.72. The lowest BCUT2D eigenvalue weighted by Crippen LogP contribution is -2.41. The Morgan fingerprint density at radius 1 is 1.23 bits per heavy atom. The van der Waals surface area contributed by atoms with Crippen LogP contribution in [0.1, 0.15) is 26.5 Å². The molecule has 0 unspecified atom stereocenters. The van der Waals surface area contributed by atoms with Gasteiger partial charge in [0, 0.05) is 17.2 Å². The Bertz CT molecular complexity index is 700. The minimum atomic E-state index is -0.263. The maximum atomic E-state index is 11.9. The third kappa shape index (κ3) is 3.21. The summed E-state index contributed by atoms with van der Waals surface area (Å²) in [5.41, 5.74) is 1.16. The van der Waals surface area contributed by atoms with Crippen LogP contribution in [-0.4, -0.2) is 23.4 Å². The summed E-state index contributed by atoms with van der Waals surface area (Å²) in [5.74, 6) is 1.91. The van der Waals surface area contributed by atoms with Crippen LogP contribution < -0.4 is 14.8 Å². The normalized spacial score (nSPS) is 13.2. The minimum absolute atomic E-state index is 0.0852. The average molecular weight is 302 g/mol. The molecule has 0 radical (unpaired) electrons. The summed E-state index contributed by atoms with van der Waals surface area (Å²) >= 11 is 0. The van der Waals surface area contributed by atoms with E-state index in [1.54, 1.807) is 6.07 Å². The third-order valence-electron chi connectivity index (χ3n) is 3.07. The number of rotatable bonds is 3. The molecule has 1 N–H and O–H groups in total. The maximum absolute atomic E-state index is 11.9. The number of amides is 1. The molecule has 116 valence electrons. The molecule has 0 aliphatic carbocycles. The van der Waals surface area contributed by atoms with Gasteiger partial charge in [-0.3, -0.25) is 4.79 Å². The molecule has 0 saturated heterocycles. The van der Waals surface area contributed by atoms with Crippen LogP contribution in [-0.2, 0) is 11.2 Å². The van der Waals surface area contributed by atoms with E-state index >= 15 is 0 Å². The number of aromatic nitrogens is 1. The molecule has 0 bridgehead atoms. The second-order valence-corrected chi connectivity index (χ2v) is 6.23. The maximum Gasteiger partial charge on any atom is 0.231 e. The van der Waals surface area contributed by atoms with Gasteiger partial charge in [-0.1, -0.05) is 5.16 Å². The molecule has 0 atom stereocenters. The first-order valence-electron chi connectivity index (χ1n) is 7.07. The zero-order chi connectivity index (χ0) is 15.7. The standard InChI is InChI=1S/C16H18N2O4/c1-16(2,3)17-15(19)8-11-7-13(22-18-11)10-4-5-12-14(6-10)21-9-20-12/h4-7H,8-9H2,1-3H3,(H,17,19). The van der Waals surface area contributed by atoms with E-state index in [0.717, 1.165) is 5.56 Å². The van der Waals surface area contributed by atoms with Gasteiger partial charge in [0.05, 0.1) is 12.1 Å². The number of benzene rings is 1. The van der Waals surface area contributed by atoms with Gasteiger partial charge < -0.3 is 19.3 Å². The molecule has 1 aliphatic rings. The van der Waals surface area contributed by atoms with E-state index in [4.69, 9.17) is 14.0 Å². The lowest BCUT2D eigenvalue weighted by Gasteiger charge is -2.19. The molecule has 1 aliphatic heterocycles. The van der Waals surface area contributed by atoms with Gasteiger partial charge in [0.25, 0.3) is 0 Å². The van der Waals surface area contributed by atoms with E-state index in [2.05, 4.69) is 10.5 Å². The predicted molar refractivity (Wildman–Crippen MR) is 79.7 cm³/mol. The minimum Gasteiger partial charge on any atom is -0.454 e. The highest BCUT2D eigenvalue weighted by molar-refractivity contribution is 5.79. The lowest BCUT2D eigenvalue weighted by molar-refractivity contribution is -0.121. The van der Waals surface area contributed by atoms with Crippen LogP contribution in [0.3, 0.4) is 0 Å². The Labute approximate surface area is 128 Å². The Morgan fingerprint density at radius 2 is 2.00 bits per heavy atom. The topological polar surface area (TPSA) is 73.6 Å². The van der Waals surface area contributed by atoms with E-state index < -0.39 is 0 Å². The molecule has 1 aromatic heterocycles. The van der Waals surface area contributed by atoms with Crippen molar-refractivity contribution in [2.45, 2.75) is 32.7 Å². The molecule has 22 heavy (non-hydrogen) atoms. The molecule has 1 amide bonds. The first kappa shape index (κ1) is 14.4. The summed E-state index contributed by atoms with van der Waals surface area (Å²) in [7, 11) is 0. The highest BCUT2D eigenvalue weighted by atomic mass is 16.7. The Hall–Kier alpha value is -2.50. The fourth-order valence-electron chi connectivity index (χ4n) is 2.21. The van der Waals surface area contributed by atoms with Crippen LogP contribution in [0.5, 0.6) is 11.5 Å². The van der Waals surface area contributed by atoms with Gasteiger partial charge in [-0.05, 0) is 39.0 Å². The third-order valence-corrected chi connectivity index (χ3v) is 3.07. The van der Waals surface area contributed by atoms with Crippen LogP contribution >= 0.6 is 0 Å². The van der Waals surface area contributed by atoms with Crippen LogP contribution in [0.15, 0.2) is 28.8 Å². The van der Waals surface area contributed by atoms with Crippen LogP contribution in [0.2, 0.25) is 0 Å². The number of ether oxygens (including phenoxy) is 2. The molecule has 1 aromatic carbocycles. The van der Waals surface area contributed by atoms with Gasteiger partial charge in [0.15, 0.2) is 17.3 Å². The van der Waals surface area contributed by atoms with Gasteiger partial charge >= 0.3 is 0 Å². The number of nitrogens with zero attached hydrogens (tertiary/aromatic N) is 1. The number of nitrogens with one attached hydrogen (secondary N) is 1. The first-order chi connectivity index (χ1) is 10.4. The van der Waals surface area contributed by atoms with Crippen molar-refractivity contribution < 1.29 is 18.8 Å². The van der Waals surface area contributed by atoms with Gasteiger partial charge in [-0.25, -0.2) is 0 Å².